The van der Waals surface area contributed by atoms with E-state index in [0.29, 0.717) is 12.5 Å². The second-order valence-corrected chi connectivity index (χ2v) is 6.53. The number of guanidine groups is 1. The SMILES string of the molecule is COC(C)(C)CN=C(N)N1CCN(c2ccc(Cl)cc2)CC1.I. The van der Waals surface area contributed by atoms with Crippen LogP contribution in [0.1, 0.15) is 13.8 Å². The third kappa shape index (κ3) is 6.00. The number of ether oxygens (including phenoxy) is 1. The summed E-state index contributed by atoms with van der Waals surface area (Å²) in [6.07, 6.45) is 0. The van der Waals surface area contributed by atoms with Gasteiger partial charge in [0.05, 0.1) is 12.1 Å². The minimum absolute atomic E-state index is 0. The van der Waals surface area contributed by atoms with Crippen LogP contribution >= 0.6 is 35.6 Å². The van der Waals surface area contributed by atoms with Gasteiger partial charge in [0.15, 0.2) is 5.96 Å². The first-order valence-electron chi connectivity index (χ1n) is 7.52. The quantitative estimate of drug-likeness (QED) is 0.434. The van der Waals surface area contributed by atoms with E-state index in [4.69, 9.17) is 22.1 Å². The number of nitrogens with two attached hydrogens (primary N) is 1. The summed E-state index contributed by atoms with van der Waals surface area (Å²) in [4.78, 5) is 8.91. The monoisotopic (exact) mass is 452 g/mol. The van der Waals surface area contributed by atoms with Crippen molar-refractivity contribution in [3.05, 3.63) is 29.3 Å². The highest BCUT2D eigenvalue weighted by molar-refractivity contribution is 14.0. The Morgan fingerprint density at radius 3 is 2.30 bits per heavy atom. The summed E-state index contributed by atoms with van der Waals surface area (Å²) >= 11 is 5.93. The summed E-state index contributed by atoms with van der Waals surface area (Å²) in [5.74, 6) is 0.598. The van der Waals surface area contributed by atoms with Gasteiger partial charge >= 0.3 is 0 Å². The molecule has 1 aliphatic heterocycles. The van der Waals surface area contributed by atoms with E-state index in [0.717, 1.165) is 31.2 Å². The molecule has 1 aromatic carbocycles. The van der Waals surface area contributed by atoms with Gasteiger partial charge in [-0.15, -0.1) is 24.0 Å². The number of piperazine rings is 1. The molecule has 1 fully saturated rings. The number of halogens is 2. The largest absolute Gasteiger partial charge is 0.377 e. The topological polar surface area (TPSA) is 54.1 Å². The zero-order chi connectivity index (χ0) is 16.2. The molecule has 1 saturated heterocycles. The van der Waals surface area contributed by atoms with Crippen molar-refractivity contribution in [1.29, 1.82) is 0 Å². The second-order valence-electron chi connectivity index (χ2n) is 6.09. The normalized spacial score (nSPS) is 16.3. The minimum atomic E-state index is -0.282. The van der Waals surface area contributed by atoms with Gasteiger partial charge in [0.1, 0.15) is 0 Å². The molecule has 1 heterocycles. The lowest BCUT2D eigenvalue weighted by atomic mass is 10.1. The number of rotatable bonds is 4. The second kappa shape index (κ2) is 8.94. The zero-order valence-electron chi connectivity index (χ0n) is 14.0. The van der Waals surface area contributed by atoms with Crippen LogP contribution in [0.15, 0.2) is 29.3 Å². The number of anilines is 1. The summed E-state index contributed by atoms with van der Waals surface area (Å²) in [5.41, 5.74) is 7.01. The summed E-state index contributed by atoms with van der Waals surface area (Å²) < 4.78 is 5.36. The molecular weight excluding hydrogens is 427 g/mol. The molecule has 0 radical (unpaired) electrons. The molecule has 1 aliphatic rings. The van der Waals surface area contributed by atoms with E-state index in [9.17, 15) is 0 Å². The molecule has 0 atom stereocenters. The summed E-state index contributed by atoms with van der Waals surface area (Å²) in [5, 5.41) is 0.763. The smallest absolute Gasteiger partial charge is 0.191 e. The minimum Gasteiger partial charge on any atom is -0.377 e. The number of hydrogen-bond donors (Lipinski definition) is 1. The van der Waals surface area contributed by atoms with Gasteiger partial charge in [-0.05, 0) is 38.1 Å². The lowest BCUT2D eigenvalue weighted by Crippen LogP contribution is -2.51. The van der Waals surface area contributed by atoms with Crippen molar-refractivity contribution in [2.45, 2.75) is 19.4 Å². The Balaban J connectivity index is 0.00000264. The van der Waals surface area contributed by atoms with E-state index in [2.05, 4.69) is 26.9 Å². The molecular formula is C16H26ClIN4O. The van der Waals surface area contributed by atoms with Crippen molar-refractivity contribution >= 4 is 47.2 Å². The molecule has 0 spiro atoms. The van der Waals surface area contributed by atoms with Crippen molar-refractivity contribution in [3.8, 4) is 0 Å². The fourth-order valence-electron chi connectivity index (χ4n) is 2.28. The van der Waals surface area contributed by atoms with Crippen LogP contribution in [0.2, 0.25) is 5.02 Å². The van der Waals surface area contributed by atoms with E-state index >= 15 is 0 Å². The highest BCUT2D eigenvalue weighted by Crippen LogP contribution is 2.19. The molecule has 23 heavy (non-hydrogen) atoms. The molecule has 2 rings (SSSR count). The average Bonchev–Trinajstić information content (AvgIpc) is 2.54. The fourth-order valence-corrected chi connectivity index (χ4v) is 2.41. The maximum absolute atomic E-state index is 6.10. The van der Waals surface area contributed by atoms with Gasteiger partial charge in [-0.25, -0.2) is 0 Å². The van der Waals surface area contributed by atoms with Gasteiger partial charge in [-0.2, -0.15) is 0 Å². The van der Waals surface area contributed by atoms with E-state index in [1.807, 2.05) is 26.0 Å². The maximum atomic E-state index is 6.10. The molecule has 0 bridgehead atoms. The number of nitrogens with zero attached hydrogens (tertiary/aromatic N) is 3. The Morgan fingerprint density at radius 1 is 1.22 bits per heavy atom. The van der Waals surface area contributed by atoms with Crippen LogP contribution in [-0.2, 0) is 4.74 Å². The lowest BCUT2D eigenvalue weighted by molar-refractivity contribution is 0.0309. The van der Waals surface area contributed by atoms with E-state index in [1.54, 1.807) is 7.11 Å². The molecule has 2 N–H and O–H groups in total. The van der Waals surface area contributed by atoms with Gasteiger partial charge < -0.3 is 20.3 Å². The Kier molecular flexibility index (Phi) is 7.89. The summed E-state index contributed by atoms with van der Waals surface area (Å²) in [7, 11) is 1.69. The third-order valence-electron chi connectivity index (χ3n) is 3.97. The molecule has 7 heteroatoms. The molecule has 5 nitrogen and oxygen atoms in total. The van der Waals surface area contributed by atoms with Crippen LogP contribution in [0.5, 0.6) is 0 Å². The van der Waals surface area contributed by atoms with E-state index in [1.165, 1.54) is 5.69 Å². The molecule has 0 aliphatic carbocycles. The predicted octanol–water partition coefficient (Wildman–Crippen LogP) is 2.82. The standard InChI is InChI=1S/C16H25ClN4O.HI/c1-16(2,22-3)12-19-15(18)21-10-8-20(9-11-21)14-6-4-13(17)5-7-14;/h4-7H,8-12H2,1-3H3,(H2,18,19);1H. The van der Waals surface area contributed by atoms with Crippen LogP contribution in [-0.4, -0.2) is 56.3 Å². The number of aliphatic imine (C=N–C) groups is 1. The van der Waals surface area contributed by atoms with Crippen LogP contribution in [0.3, 0.4) is 0 Å². The molecule has 0 amide bonds. The fraction of sp³-hybridized carbons (Fsp3) is 0.562. The van der Waals surface area contributed by atoms with E-state index < -0.39 is 0 Å². The van der Waals surface area contributed by atoms with Crippen LogP contribution in [0, 0.1) is 0 Å². The van der Waals surface area contributed by atoms with Crippen molar-refractivity contribution in [3.63, 3.8) is 0 Å². The molecule has 0 aromatic heterocycles. The highest BCUT2D eigenvalue weighted by atomic mass is 127. The Bertz CT molecular complexity index is 513. The first kappa shape index (κ1) is 20.3. The van der Waals surface area contributed by atoms with Gasteiger partial charge in [-0.1, -0.05) is 11.6 Å². The number of methoxy groups -OCH3 is 1. The van der Waals surface area contributed by atoms with E-state index in [-0.39, 0.29) is 29.6 Å². The third-order valence-corrected chi connectivity index (χ3v) is 4.22. The Morgan fingerprint density at radius 2 is 1.78 bits per heavy atom. The Labute approximate surface area is 160 Å². The van der Waals surface area contributed by atoms with Gasteiger partial charge in [0.2, 0.25) is 0 Å². The van der Waals surface area contributed by atoms with Gasteiger partial charge in [-0.3, -0.25) is 4.99 Å². The summed E-state index contributed by atoms with van der Waals surface area (Å²) in [6, 6.07) is 7.95. The first-order chi connectivity index (χ1) is 10.4. The predicted molar refractivity (Wildman–Crippen MR) is 108 cm³/mol. The van der Waals surface area contributed by atoms with Gasteiger partial charge in [0, 0.05) is 44.0 Å². The molecule has 130 valence electrons. The highest BCUT2D eigenvalue weighted by Gasteiger charge is 2.20. The maximum Gasteiger partial charge on any atom is 0.191 e. The van der Waals surface area contributed by atoms with Crippen LogP contribution in [0.25, 0.3) is 0 Å². The van der Waals surface area contributed by atoms with Crippen LogP contribution in [0.4, 0.5) is 5.69 Å². The number of hydrogen-bond acceptors (Lipinski definition) is 3. The lowest BCUT2D eigenvalue weighted by Gasteiger charge is -2.36. The average molecular weight is 453 g/mol. The van der Waals surface area contributed by atoms with Crippen molar-refractivity contribution in [2.75, 3.05) is 44.7 Å². The van der Waals surface area contributed by atoms with Crippen molar-refractivity contribution in [1.82, 2.24) is 4.90 Å². The summed E-state index contributed by atoms with van der Waals surface area (Å²) in [6.45, 7) is 8.14. The van der Waals surface area contributed by atoms with Crippen molar-refractivity contribution < 1.29 is 4.74 Å². The zero-order valence-corrected chi connectivity index (χ0v) is 17.0. The van der Waals surface area contributed by atoms with Crippen LogP contribution < -0.4 is 10.6 Å². The molecule has 0 unspecified atom stereocenters. The van der Waals surface area contributed by atoms with Gasteiger partial charge in [0.25, 0.3) is 0 Å². The molecule has 0 saturated carbocycles. The molecule has 1 aromatic rings. The number of benzene rings is 1. The first-order valence-corrected chi connectivity index (χ1v) is 7.89. The Hall–Kier alpha value is -0.730. The van der Waals surface area contributed by atoms with Crippen molar-refractivity contribution in [2.24, 2.45) is 10.7 Å².